The Kier molecular flexibility index (Phi) is 5.32. The first-order chi connectivity index (χ1) is 10.2. The molecule has 0 radical (unpaired) electrons. The maximum atomic E-state index is 4.75. The molecule has 1 aromatic carbocycles. The van der Waals surface area contributed by atoms with Gasteiger partial charge >= 0.3 is 0 Å². The summed E-state index contributed by atoms with van der Waals surface area (Å²) in [5, 5.41) is 3.40. The number of hydrogen-bond donors (Lipinski definition) is 1. The highest BCUT2D eigenvalue weighted by molar-refractivity contribution is 5.71. The molecule has 0 unspecified atom stereocenters. The van der Waals surface area contributed by atoms with Crippen LogP contribution in [0.1, 0.15) is 43.6 Å². The van der Waals surface area contributed by atoms with E-state index in [0.29, 0.717) is 0 Å². The molecule has 1 heterocycles. The molecule has 1 N–H and O–H groups in total. The fraction of sp³-hybridized carbons (Fsp3) is 0.444. The molecule has 0 aliphatic rings. The van der Waals surface area contributed by atoms with Crippen LogP contribution in [0.25, 0.3) is 11.3 Å². The molecule has 1 aromatic heterocycles. The summed E-state index contributed by atoms with van der Waals surface area (Å²) in [7, 11) is 0. The quantitative estimate of drug-likeness (QED) is 0.846. The summed E-state index contributed by atoms with van der Waals surface area (Å²) in [6, 6.07) is 8.69. The Balaban J connectivity index is 2.38. The number of nitrogens with zero attached hydrogens (tertiary/aromatic N) is 2. The van der Waals surface area contributed by atoms with Gasteiger partial charge in [-0.15, -0.1) is 0 Å². The molecule has 3 nitrogen and oxygen atoms in total. The largest absolute Gasteiger partial charge is 0.368 e. The van der Waals surface area contributed by atoms with Crippen LogP contribution >= 0.6 is 0 Å². The smallest absolute Gasteiger partial charge is 0.152 e. The van der Waals surface area contributed by atoms with Crippen LogP contribution in [0, 0.1) is 13.8 Å². The molecule has 0 amide bonds. The first-order valence-electron chi connectivity index (χ1n) is 7.84. The summed E-state index contributed by atoms with van der Waals surface area (Å²) in [5.41, 5.74) is 5.43. The second kappa shape index (κ2) is 7.21. The highest BCUT2D eigenvalue weighted by atomic mass is 15.0. The van der Waals surface area contributed by atoms with Gasteiger partial charge in [-0.3, -0.25) is 0 Å². The lowest BCUT2D eigenvalue weighted by Gasteiger charge is -2.13. The molecule has 0 atom stereocenters. The van der Waals surface area contributed by atoms with Gasteiger partial charge in [-0.2, -0.15) is 0 Å². The number of hydrogen-bond acceptors (Lipinski definition) is 3. The van der Waals surface area contributed by atoms with E-state index >= 15 is 0 Å². The van der Waals surface area contributed by atoms with Gasteiger partial charge in [0, 0.05) is 12.1 Å². The van der Waals surface area contributed by atoms with Crippen molar-refractivity contribution >= 4 is 5.82 Å². The van der Waals surface area contributed by atoms with E-state index in [1.54, 1.807) is 0 Å². The molecule has 0 aliphatic carbocycles. The molecular formula is C18H25N3. The predicted octanol–water partition coefficient (Wildman–Crippen LogP) is 4.53. The van der Waals surface area contributed by atoms with Crippen molar-refractivity contribution in [1.82, 2.24) is 9.97 Å². The third-order valence-corrected chi connectivity index (χ3v) is 3.62. The van der Waals surface area contributed by atoms with E-state index in [4.69, 9.17) is 4.98 Å². The molecule has 0 spiro atoms. The van der Waals surface area contributed by atoms with E-state index in [-0.39, 0.29) is 0 Å². The molecule has 21 heavy (non-hydrogen) atoms. The van der Waals surface area contributed by atoms with E-state index in [1.807, 2.05) is 13.8 Å². The second-order valence-electron chi connectivity index (χ2n) is 5.47. The molecular weight excluding hydrogens is 258 g/mol. The monoisotopic (exact) mass is 283 g/mol. The van der Waals surface area contributed by atoms with Crippen LogP contribution < -0.4 is 5.32 Å². The summed E-state index contributed by atoms with van der Waals surface area (Å²) in [6.07, 6.45) is 3.37. The maximum absolute atomic E-state index is 4.75. The Morgan fingerprint density at radius 3 is 2.19 bits per heavy atom. The van der Waals surface area contributed by atoms with Gasteiger partial charge in [-0.05, 0) is 32.3 Å². The normalized spacial score (nSPS) is 10.7. The van der Waals surface area contributed by atoms with E-state index in [0.717, 1.165) is 47.8 Å². The Bertz CT molecular complexity index is 588. The Labute approximate surface area is 127 Å². The zero-order valence-corrected chi connectivity index (χ0v) is 13.5. The lowest BCUT2D eigenvalue weighted by atomic mass is 10.1. The van der Waals surface area contributed by atoms with Crippen molar-refractivity contribution in [2.45, 2.75) is 47.0 Å². The summed E-state index contributed by atoms with van der Waals surface area (Å²) < 4.78 is 0. The van der Waals surface area contributed by atoms with Crippen molar-refractivity contribution in [3.05, 3.63) is 41.2 Å². The molecule has 2 rings (SSSR count). The zero-order valence-electron chi connectivity index (χ0n) is 13.5. The molecule has 0 saturated carbocycles. The van der Waals surface area contributed by atoms with Crippen molar-refractivity contribution in [3.63, 3.8) is 0 Å². The molecule has 3 heteroatoms. The fourth-order valence-electron chi connectivity index (χ4n) is 2.29. The summed E-state index contributed by atoms with van der Waals surface area (Å²) in [4.78, 5) is 9.42. The molecule has 0 saturated heterocycles. The molecule has 0 aliphatic heterocycles. The van der Waals surface area contributed by atoms with Crippen molar-refractivity contribution < 1.29 is 0 Å². The fourth-order valence-corrected chi connectivity index (χ4v) is 2.29. The molecule has 0 fully saturated rings. The van der Waals surface area contributed by atoms with Gasteiger partial charge in [0.15, 0.2) is 5.82 Å². The molecule has 2 aromatic rings. The first-order valence-corrected chi connectivity index (χ1v) is 7.84. The zero-order chi connectivity index (χ0) is 15.2. The Hall–Kier alpha value is -1.90. The number of anilines is 1. The number of benzene rings is 1. The van der Waals surface area contributed by atoms with Crippen LogP contribution in [0.2, 0.25) is 0 Å². The van der Waals surface area contributed by atoms with Crippen molar-refractivity contribution in [1.29, 1.82) is 0 Å². The van der Waals surface area contributed by atoms with E-state index in [9.17, 15) is 0 Å². The summed E-state index contributed by atoms with van der Waals surface area (Å²) in [5.74, 6) is 0.892. The van der Waals surface area contributed by atoms with Crippen molar-refractivity contribution in [2.24, 2.45) is 0 Å². The Morgan fingerprint density at radius 2 is 1.57 bits per heavy atom. The number of aromatic nitrogens is 2. The van der Waals surface area contributed by atoms with Crippen LogP contribution in [-0.4, -0.2) is 16.5 Å². The first kappa shape index (κ1) is 15.5. The van der Waals surface area contributed by atoms with Gasteiger partial charge in [-0.1, -0.05) is 44.5 Å². The lowest BCUT2D eigenvalue weighted by molar-refractivity contribution is 0.922. The van der Waals surface area contributed by atoms with Crippen molar-refractivity contribution in [3.8, 4) is 11.3 Å². The van der Waals surface area contributed by atoms with Crippen LogP contribution in [0.5, 0.6) is 0 Å². The minimum atomic E-state index is 0.892. The van der Waals surface area contributed by atoms with Gasteiger partial charge in [0.05, 0.1) is 11.4 Å². The lowest BCUT2D eigenvalue weighted by Crippen LogP contribution is -2.07. The maximum Gasteiger partial charge on any atom is 0.152 e. The minimum Gasteiger partial charge on any atom is -0.368 e. The second-order valence-corrected chi connectivity index (χ2v) is 5.47. The van der Waals surface area contributed by atoms with Gasteiger partial charge in [0.25, 0.3) is 0 Å². The SMILES string of the molecule is CCCNc1nc(C)c(C)nc1-c1ccc(CCC)cc1. The average molecular weight is 283 g/mol. The number of rotatable bonds is 6. The van der Waals surface area contributed by atoms with Gasteiger partial charge < -0.3 is 5.32 Å². The van der Waals surface area contributed by atoms with Gasteiger partial charge in [-0.25, -0.2) is 9.97 Å². The van der Waals surface area contributed by atoms with Crippen LogP contribution in [0.4, 0.5) is 5.82 Å². The highest BCUT2D eigenvalue weighted by Gasteiger charge is 2.11. The predicted molar refractivity (Wildman–Crippen MR) is 89.7 cm³/mol. The van der Waals surface area contributed by atoms with Crippen LogP contribution in [-0.2, 0) is 6.42 Å². The number of aryl methyl sites for hydroxylation is 3. The van der Waals surface area contributed by atoms with Crippen LogP contribution in [0.3, 0.4) is 0 Å². The summed E-state index contributed by atoms with van der Waals surface area (Å²) in [6.45, 7) is 9.29. The third kappa shape index (κ3) is 3.81. The van der Waals surface area contributed by atoms with E-state index in [2.05, 4.69) is 48.4 Å². The topological polar surface area (TPSA) is 37.8 Å². The summed E-state index contributed by atoms with van der Waals surface area (Å²) >= 11 is 0. The standard InChI is InChI=1S/C18H25N3/c1-5-7-15-8-10-16(11-9-15)17-18(19-12-6-2)21-14(4)13(3)20-17/h8-11H,5-7,12H2,1-4H3,(H,19,21). The molecule has 0 bridgehead atoms. The number of nitrogens with one attached hydrogen (secondary N) is 1. The third-order valence-electron chi connectivity index (χ3n) is 3.62. The molecule has 112 valence electrons. The minimum absolute atomic E-state index is 0.892. The van der Waals surface area contributed by atoms with E-state index < -0.39 is 0 Å². The van der Waals surface area contributed by atoms with Gasteiger partial charge in [0.2, 0.25) is 0 Å². The Morgan fingerprint density at radius 1 is 0.905 bits per heavy atom. The van der Waals surface area contributed by atoms with Crippen LogP contribution in [0.15, 0.2) is 24.3 Å². The van der Waals surface area contributed by atoms with Crippen molar-refractivity contribution in [2.75, 3.05) is 11.9 Å². The average Bonchev–Trinajstić information content (AvgIpc) is 2.49. The van der Waals surface area contributed by atoms with E-state index in [1.165, 1.54) is 12.0 Å². The van der Waals surface area contributed by atoms with Gasteiger partial charge in [0.1, 0.15) is 5.69 Å². The highest BCUT2D eigenvalue weighted by Crippen LogP contribution is 2.26.